The molecule has 0 aromatic carbocycles. The van der Waals surface area contributed by atoms with Crippen molar-refractivity contribution in [3.8, 4) is 0 Å². The fourth-order valence-corrected chi connectivity index (χ4v) is 4.74. The summed E-state index contributed by atoms with van der Waals surface area (Å²) in [7, 11) is 0. The second kappa shape index (κ2) is 8.70. The van der Waals surface area contributed by atoms with Crippen molar-refractivity contribution < 1.29 is 29.6 Å². The van der Waals surface area contributed by atoms with E-state index in [0.717, 1.165) is 0 Å². The normalized spacial score (nSPS) is 40.1. The molecule has 0 heterocycles. The van der Waals surface area contributed by atoms with Crippen LogP contribution in [0.2, 0.25) is 0 Å². The van der Waals surface area contributed by atoms with E-state index in [-0.39, 0.29) is 30.6 Å². The van der Waals surface area contributed by atoms with Crippen LogP contribution in [0.25, 0.3) is 0 Å². The Morgan fingerprint density at radius 1 is 1.31 bits per heavy atom. The summed E-state index contributed by atoms with van der Waals surface area (Å²) in [6.07, 6.45) is 2.74. The van der Waals surface area contributed by atoms with E-state index < -0.39 is 41.0 Å². The average Bonchev–Trinajstić information content (AvgIpc) is 2.87. The molecule has 6 heteroatoms. The van der Waals surface area contributed by atoms with E-state index in [1.54, 1.807) is 26.8 Å². The van der Waals surface area contributed by atoms with Gasteiger partial charge in [0.25, 0.3) is 0 Å². The Labute approximate surface area is 173 Å². The fraction of sp³-hybridized carbons (Fsp3) is 0.739. The number of rotatable bonds is 3. The molecule has 0 amide bonds. The van der Waals surface area contributed by atoms with Gasteiger partial charge in [-0.3, -0.25) is 9.59 Å². The molecule has 1 fully saturated rings. The Kier molecular flexibility index (Phi) is 7.13. The minimum atomic E-state index is -1.81. The highest BCUT2D eigenvalue weighted by atomic mass is 16.6. The number of hydrogen-bond donors (Lipinski definition) is 3. The molecule has 3 N–H and O–H groups in total. The third kappa shape index (κ3) is 4.65. The van der Waals surface area contributed by atoms with Crippen LogP contribution in [0.1, 0.15) is 60.3 Å². The van der Waals surface area contributed by atoms with E-state index >= 15 is 0 Å². The molecule has 1 saturated carbocycles. The number of carbonyl (C=O) groups is 2. The van der Waals surface area contributed by atoms with Crippen LogP contribution in [0.15, 0.2) is 24.3 Å². The van der Waals surface area contributed by atoms with Gasteiger partial charge in [-0.05, 0) is 44.6 Å². The van der Waals surface area contributed by atoms with Crippen LogP contribution in [-0.2, 0) is 14.3 Å². The van der Waals surface area contributed by atoms with Gasteiger partial charge in [-0.15, -0.1) is 0 Å². The lowest BCUT2D eigenvalue weighted by atomic mass is 9.76. The quantitative estimate of drug-likeness (QED) is 0.490. The molecule has 6 nitrogen and oxygen atoms in total. The molecule has 0 unspecified atom stereocenters. The molecular weight excluding hydrogens is 372 g/mol. The zero-order valence-corrected chi connectivity index (χ0v) is 18.2. The summed E-state index contributed by atoms with van der Waals surface area (Å²) >= 11 is 0. The third-order valence-electron chi connectivity index (χ3n) is 6.70. The lowest BCUT2D eigenvalue weighted by Gasteiger charge is -2.35. The molecular formula is C23H36O6. The molecule has 0 radical (unpaired) electrons. The first kappa shape index (κ1) is 23.8. The topological polar surface area (TPSA) is 104 Å². The van der Waals surface area contributed by atoms with Gasteiger partial charge < -0.3 is 20.1 Å². The van der Waals surface area contributed by atoms with Crippen molar-refractivity contribution >= 4 is 11.8 Å². The molecule has 0 bridgehead atoms. The Balaban J connectivity index is 2.41. The number of allylic oxidation sites excluding steroid dienone is 1. The molecule has 2 rings (SSSR count). The molecule has 29 heavy (non-hydrogen) atoms. The van der Waals surface area contributed by atoms with Gasteiger partial charge in [-0.1, -0.05) is 39.5 Å². The maximum atomic E-state index is 13.2. The summed E-state index contributed by atoms with van der Waals surface area (Å²) in [5.74, 6) is -2.85. The van der Waals surface area contributed by atoms with Crippen LogP contribution in [0.4, 0.5) is 0 Å². The second-order valence-corrected chi connectivity index (χ2v) is 9.34. The van der Waals surface area contributed by atoms with Crippen molar-refractivity contribution in [1.82, 2.24) is 0 Å². The van der Waals surface area contributed by atoms with E-state index in [0.29, 0.717) is 18.4 Å². The first-order valence-electron chi connectivity index (χ1n) is 10.6. The van der Waals surface area contributed by atoms with Crippen molar-refractivity contribution in [3.63, 3.8) is 0 Å². The van der Waals surface area contributed by atoms with E-state index in [9.17, 15) is 24.9 Å². The summed E-state index contributed by atoms with van der Waals surface area (Å²) in [4.78, 5) is 25.0. The summed E-state index contributed by atoms with van der Waals surface area (Å²) in [5, 5.41) is 32.8. The van der Waals surface area contributed by atoms with Crippen LogP contribution in [0, 0.1) is 23.7 Å². The van der Waals surface area contributed by atoms with Crippen LogP contribution in [-0.4, -0.2) is 50.5 Å². The number of aliphatic hydroxyl groups is 3. The van der Waals surface area contributed by atoms with Crippen molar-refractivity contribution in [2.24, 2.45) is 23.7 Å². The number of aliphatic hydroxyl groups excluding tert-OH is 2. The van der Waals surface area contributed by atoms with Crippen LogP contribution in [0.3, 0.4) is 0 Å². The highest BCUT2D eigenvalue weighted by Crippen LogP contribution is 2.46. The van der Waals surface area contributed by atoms with E-state index in [1.165, 1.54) is 0 Å². The predicted molar refractivity (Wildman–Crippen MR) is 110 cm³/mol. The summed E-state index contributed by atoms with van der Waals surface area (Å²) in [6, 6.07) is 0. The van der Waals surface area contributed by atoms with E-state index in [4.69, 9.17) is 4.74 Å². The molecule has 2 aliphatic rings. The molecule has 2 aliphatic carbocycles. The fourth-order valence-electron chi connectivity index (χ4n) is 4.74. The molecule has 0 aromatic rings. The Hall–Kier alpha value is -1.50. The van der Waals surface area contributed by atoms with Crippen LogP contribution >= 0.6 is 0 Å². The van der Waals surface area contributed by atoms with Crippen LogP contribution in [0.5, 0.6) is 0 Å². The average molecular weight is 409 g/mol. The third-order valence-corrected chi connectivity index (χ3v) is 6.70. The molecule has 0 saturated heterocycles. The number of esters is 1. The van der Waals surface area contributed by atoms with Crippen molar-refractivity contribution in [1.29, 1.82) is 0 Å². The van der Waals surface area contributed by atoms with Gasteiger partial charge in [0.2, 0.25) is 0 Å². The van der Waals surface area contributed by atoms with Gasteiger partial charge in [0, 0.05) is 18.3 Å². The van der Waals surface area contributed by atoms with Gasteiger partial charge in [0.1, 0.15) is 11.2 Å². The largest absolute Gasteiger partial charge is 0.459 e. The summed E-state index contributed by atoms with van der Waals surface area (Å²) in [6.45, 7) is 12.8. The van der Waals surface area contributed by atoms with Gasteiger partial charge in [0.05, 0.1) is 18.1 Å². The van der Waals surface area contributed by atoms with Crippen molar-refractivity contribution in [3.05, 3.63) is 24.3 Å². The Bertz CT molecular complexity index is 681. The Morgan fingerprint density at radius 3 is 2.52 bits per heavy atom. The highest BCUT2D eigenvalue weighted by Gasteiger charge is 2.58. The number of fused-ring (bicyclic) bond motifs is 1. The van der Waals surface area contributed by atoms with E-state index in [1.807, 2.05) is 19.9 Å². The Morgan fingerprint density at radius 2 is 1.93 bits per heavy atom. The summed E-state index contributed by atoms with van der Waals surface area (Å²) in [5.41, 5.74) is -2.15. The first-order chi connectivity index (χ1) is 13.3. The van der Waals surface area contributed by atoms with Gasteiger partial charge in [0.15, 0.2) is 5.78 Å². The minimum absolute atomic E-state index is 0.100. The number of carbonyl (C=O) groups excluding carboxylic acids is 2. The maximum absolute atomic E-state index is 13.2. The number of ketones is 1. The van der Waals surface area contributed by atoms with Gasteiger partial charge >= 0.3 is 5.97 Å². The molecule has 164 valence electrons. The monoisotopic (exact) mass is 408 g/mol. The maximum Gasteiger partial charge on any atom is 0.306 e. The predicted octanol–water partition coefficient (Wildman–Crippen LogP) is 2.55. The van der Waals surface area contributed by atoms with Gasteiger partial charge in [-0.25, -0.2) is 0 Å². The number of ether oxygens (including phenoxy) is 1. The van der Waals surface area contributed by atoms with Crippen LogP contribution < -0.4 is 0 Å². The zero-order valence-electron chi connectivity index (χ0n) is 18.2. The molecule has 0 spiro atoms. The molecule has 0 aromatic heterocycles. The van der Waals surface area contributed by atoms with E-state index in [2.05, 4.69) is 6.58 Å². The molecule has 7 atom stereocenters. The van der Waals surface area contributed by atoms with Crippen molar-refractivity contribution in [2.75, 3.05) is 0 Å². The van der Waals surface area contributed by atoms with Gasteiger partial charge in [-0.2, -0.15) is 0 Å². The first-order valence-corrected chi connectivity index (χ1v) is 10.6. The minimum Gasteiger partial charge on any atom is -0.459 e. The SMILES string of the molecule is C=C1CC[C@H](C(C)(C)OC(=O)CC)/C=C/[C@@H](C)C(=O)[C@@]2(O)C[C@H](C)[C@H](O)[C@@H]2[C@H]1O. The lowest BCUT2D eigenvalue weighted by Crippen LogP contribution is -2.52. The number of hydrogen-bond acceptors (Lipinski definition) is 6. The standard InChI is InChI=1S/C23H36O6/c1-7-17(24)29-22(5,6)16-10-8-13(2)19(25)18-20(26)15(4)12-23(18,28)21(27)14(3)9-11-16/h9,11,14-16,18-20,25-26,28H,2,7-8,10,12H2,1,3-6H3/b11-9+/t14-,15+,16+,18+,19+,20+,23-/m1/s1. The smallest absolute Gasteiger partial charge is 0.306 e. The lowest BCUT2D eigenvalue weighted by molar-refractivity contribution is -0.159. The second-order valence-electron chi connectivity index (χ2n) is 9.34. The highest BCUT2D eigenvalue weighted by molar-refractivity contribution is 5.91. The summed E-state index contributed by atoms with van der Waals surface area (Å²) < 4.78 is 5.62. The molecule has 0 aliphatic heterocycles. The van der Waals surface area contributed by atoms with Crippen molar-refractivity contribution in [2.45, 2.75) is 83.7 Å². The zero-order chi connectivity index (χ0) is 22.1. The number of Topliss-reactive ketones (excluding diaryl/α,β-unsaturated/α-hetero) is 1.